The first kappa shape index (κ1) is 18.3. The highest BCUT2D eigenvalue weighted by Crippen LogP contribution is 2.25. The highest BCUT2D eigenvalue weighted by molar-refractivity contribution is 7.98. The summed E-state index contributed by atoms with van der Waals surface area (Å²) in [5, 5.41) is 13.2. The molecule has 1 fully saturated rings. The van der Waals surface area contributed by atoms with E-state index in [1.54, 1.807) is 0 Å². The molecule has 0 bridgehead atoms. The molecular formula is C16H33NO2S. The maximum atomic E-state index is 9.88. The van der Waals surface area contributed by atoms with Crippen LogP contribution in [0.15, 0.2) is 0 Å². The molecule has 0 heterocycles. The van der Waals surface area contributed by atoms with E-state index >= 15 is 0 Å². The minimum Gasteiger partial charge on any atom is -0.389 e. The van der Waals surface area contributed by atoms with E-state index in [-0.39, 0.29) is 6.10 Å². The second-order valence-corrected chi connectivity index (χ2v) is 7.11. The van der Waals surface area contributed by atoms with Crippen LogP contribution >= 0.6 is 11.8 Å². The number of aliphatic hydroxyl groups is 1. The lowest BCUT2D eigenvalue weighted by atomic mass is 9.89. The van der Waals surface area contributed by atoms with Gasteiger partial charge in [-0.3, -0.25) is 0 Å². The molecule has 1 unspecified atom stereocenters. The first-order chi connectivity index (χ1) is 9.72. The van der Waals surface area contributed by atoms with Gasteiger partial charge in [0.15, 0.2) is 0 Å². The van der Waals surface area contributed by atoms with E-state index in [0.717, 1.165) is 25.3 Å². The second kappa shape index (κ2) is 11.8. The topological polar surface area (TPSA) is 41.5 Å². The van der Waals surface area contributed by atoms with Crippen LogP contribution < -0.4 is 5.32 Å². The van der Waals surface area contributed by atoms with Crippen molar-refractivity contribution in [2.24, 2.45) is 5.92 Å². The highest BCUT2D eigenvalue weighted by atomic mass is 32.2. The second-order valence-electron chi connectivity index (χ2n) is 6.13. The SMILES string of the molecule is CSCCCCCNCC(O)COC1CCC(C)CC1. The summed E-state index contributed by atoms with van der Waals surface area (Å²) in [5.41, 5.74) is 0. The average molecular weight is 304 g/mol. The van der Waals surface area contributed by atoms with Crippen LogP contribution in [0.25, 0.3) is 0 Å². The number of unbranched alkanes of at least 4 members (excludes halogenated alkanes) is 2. The van der Waals surface area contributed by atoms with Gasteiger partial charge in [-0.1, -0.05) is 13.3 Å². The zero-order valence-corrected chi connectivity index (χ0v) is 14.1. The highest BCUT2D eigenvalue weighted by Gasteiger charge is 2.19. The normalized spacial score (nSPS) is 24.8. The molecule has 1 aliphatic rings. The molecule has 20 heavy (non-hydrogen) atoms. The number of hydrogen-bond acceptors (Lipinski definition) is 4. The average Bonchev–Trinajstić information content (AvgIpc) is 2.46. The van der Waals surface area contributed by atoms with Gasteiger partial charge in [-0.25, -0.2) is 0 Å². The predicted molar refractivity (Wildman–Crippen MR) is 88.5 cm³/mol. The van der Waals surface area contributed by atoms with E-state index in [4.69, 9.17) is 4.74 Å². The molecule has 120 valence electrons. The third-order valence-corrected chi connectivity index (χ3v) is 4.77. The van der Waals surface area contributed by atoms with Crippen molar-refractivity contribution in [1.82, 2.24) is 5.32 Å². The molecule has 0 amide bonds. The largest absolute Gasteiger partial charge is 0.389 e. The minimum atomic E-state index is -0.361. The number of thioether (sulfide) groups is 1. The van der Waals surface area contributed by atoms with Gasteiger partial charge in [0.05, 0.1) is 18.8 Å². The Balaban J connectivity index is 1.89. The van der Waals surface area contributed by atoms with E-state index in [9.17, 15) is 5.11 Å². The van der Waals surface area contributed by atoms with Crippen molar-refractivity contribution in [3.63, 3.8) is 0 Å². The maximum Gasteiger partial charge on any atom is 0.0897 e. The Morgan fingerprint density at radius 1 is 1.20 bits per heavy atom. The van der Waals surface area contributed by atoms with Crippen LogP contribution in [0.3, 0.4) is 0 Å². The molecule has 1 rings (SSSR count). The van der Waals surface area contributed by atoms with Crippen molar-refractivity contribution in [2.75, 3.05) is 31.7 Å². The maximum absolute atomic E-state index is 9.88. The summed E-state index contributed by atoms with van der Waals surface area (Å²) >= 11 is 1.91. The molecule has 0 spiro atoms. The molecule has 3 nitrogen and oxygen atoms in total. The van der Waals surface area contributed by atoms with E-state index in [1.807, 2.05) is 11.8 Å². The smallest absolute Gasteiger partial charge is 0.0897 e. The summed E-state index contributed by atoms with van der Waals surface area (Å²) in [6, 6.07) is 0. The molecule has 0 radical (unpaired) electrons. The van der Waals surface area contributed by atoms with Crippen molar-refractivity contribution in [3.8, 4) is 0 Å². The summed E-state index contributed by atoms with van der Waals surface area (Å²) in [4.78, 5) is 0. The molecule has 0 aromatic rings. The molecule has 2 N–H and O–H groups in total. The van der Waals surface area contributed by atoms with E-state index in [0.29, 0.717) is 19.3 Å². The predicted octanol–water partition coefficient (Wildman–Crippen LogP) is 3.07. The third-order valence-electron chi connectivity index (χ3n) is 4.07. The van der Waals surface area contributed by atoms with Gasteiger partial charge in [0.25, 0.3) is 0 Å². The quantitative estimate of drug-likeness (QED) is 0.576. The van der Waals surface area contributed by atoms with Gasteiger partial charge in [0.1, 0.15) is 0 Å². The number of aliphatic hydroxyl groups excluding tert-OH is 1. The molecule has 0 aliphatic heterocycles. The van der Waals surface area contributed by atoms with Crippen LogP contribution in [0.5, 0.6) is 0 Å². The van der Waals surface area contributed by atoms with Gasteiger partial charge in [0, 0.05) is 6.54 Å². The van der Waals surface area contributed by atoms with Crippen molar-refractivity contribution in [3.05, 3.63) is 0 Å². The molecule has 1 aliphatic carbocycles. The van der Waals surface area contributed by atoms with E-state index < -0.39 is 0 Å². The zero-order chi connectivity index (χ0) is 14.6. The van der Waals surface area contributed by atoms with E-state index in [2.05, 4.69) is 18.5 Å². The molecule has 0 aromatic heterocycles. The van der Waals surface area contributed by atoms with Gasteiger partial charge in [-0.05, 0) is 63.0 Å². The van der Waals surface area contributed by atoms with Crippen molar-refractivity contribution >= 4 is 11.8 Å². The van der Waals surface area contributed by atoms with Crippen LogP contribution in [0.4, 0.5) is 0 Å². The van der Waals surface area contributed by atoms with Crippen LogP contribution in [0.1, 0.15) is 51.9 Å². The number of ether oxygens (including phenoxy) is 1. The van der Waals surface area contributed by atoms with E-state index in [1.165, 1.54) is 37.9 Å². The fourth-order valence-electron chi connectivity index (χ4n) is 2.64. The monoisotopic (exact) mass is 303 g/mol. The van der Waals surface area contributed by atoms with Crippen LogP contribution in [-0.2, 0) is 4.74 Å². The molecular weight excluding hydrogens is 270 g/mol. The molecule has 0 saturated heterocycles. The van der Waals surface area contributed by atoms with Gasteiger partial charge in [-0.2, -0.15) is 11.8 Å². The lowest BCUT2D eigenvalue weighted by molar-refractivity contribution is -0.0277. The zero-order valence-electron chi connectivity index (χ0n) is 13.3. The standard InChI is InChI=1S/C16H33NO2S/c1-14-6-8-16(9-7-14)19-13-15(18)12-17-10-4-3-5-11-20-2/h14-18H,3-13H2,1-2H3. The van der Waals surface area contributed by atoms with Gasteiger partial charge < -0.3 is 15.2 Å². The van der Waals surface area contributed by atoms with Crippen LogP contribution in [0.2, 0.25) is 0 Å². The third kappa shape index (κ3) is 9.22. The molecule has 1 atom stereocenters. The lowest BCUT2D eigenvalue weighted by Gasteiger charge is -2.27. The minimum absolute atomic E-state index is 0.361. The number of rotatable bonds is 11. The molecule has 0 aromatic carbocycles. The first-order valence-electron chi connectivity index (χ1n) is 8.21. The Morgan fingerprint density at radius 2 is 1.95 bits per heavy atom. The summed E-state index contributed by atoms with van der Waals surface area (Å²) in [6.07, 6.45) is 10.8. The van der Waals surface area contributed by atoms with Gasteiger partial charge in [-0.15, -0.1) is 0 Å². The Hall–Kier alpha value is 0.230. The van der Waals surface area contributed by atoms with Crippen molar-refractivity contribution < 1.29 is 9.84 Å². The summed E-state index contributed by atoms with van der Waals surface area (Å²) in [5.74, 6) is 2.11. The van der Waals surface area contributed by atoms with Crippen molar-refractivity contribution in [2.45, 2.75) is 64.1 Å². The lowest BCUT2D eigenvalue weighted by Crippen LogP contribution is -2.33. The van der Waals surface area contributed by atoms with Crippen LogP contribution in [0, 0.1) is 5.92 Å². The van der Waals surface area contributed by atoms with Crippen LogP contribution in [-0.4, -0.2) is 49.0 Å². The fourth-order valence-corrected chi connectivity index (χ4v) is 3.14. The Bertz CT molecular complexity index is 221. The molecule has 1 saturated carbocycles. The Morgan fingerprint density at radius 3 is 2.65 bits per heavy atom. The van der Waals surface area contributed by atoms with Crippen molar-refractivity contribution in [1.29, 1.82) is 0 Å². The summed E-state index contributed by atoms with van der Waals surface area (Å²) in [7, 11) is 0. The van der Waals surface area contributed by atoms with Gasteiger partial charge in [0.2, 0.25) is 0 Å². The molecule has 4 heteroatoms. The number of nitrogens with one attached hydrogen (secondary N) is 1. The summed E-state index contributed by atoms with van der Waals surface area (Å²) in [6.45, 7) is 4.46. The Labute approximate surface area is 129 Å². The number of hydrogen-bond donors (Lipinski definition) is 2. The van der Waals surface area contributed by atoms with Gasteiger partial charge >= 0.3 is 0 Å². The fraction of sp³-hybridized carbons (Fsp3) is 1.00. The first-order valence-corrected chi connectivity index (χ1v) is 9.61. The summed E-state index contributed by atoms with van der Waals surface area (Å²) < 4.78 is 5.81. The Kier molecular flexibility index (Phi) is 10.8.